The maximum Gasteiger partial charge on any atom is 0.0295 e. The molecule has 358 valence electrons. The summed E-state index contributed by atoms with van der Waals surface area (Å²) in [6.07, 6.45) is 16.2. The molecule has 0 spiro atoms. The first-order chi connectivity index (χ1) is 36.0. The molecule has 0 bridgehead atoms. The Balaban J connectivity index is 0.925. The van der Waals surface area contributed by atoms with E-state index in [4.69, 9.17) is 0 Å². The zero-order chi connectivity index (χ0) is 48.6. The van der Waals surface area contributed by atoms with Gasteiger partial charge >= 0.3 is 0 Å². The van der Waals surface area contributed by atoms with Gasteiger partial charge in [-0.1, -0.05) is 234 Å². The molecule has 2 saturated carbocycles. The lowest BCUT2D eigenvalue weighted by atomic mass is 9.54. The van der Waals surface area contributed by atoms with Gasteiger partial charge < -0.3 is 0 Å². The van der Waals surface area contributed by atoms with E-state index in [1.807, 2.05) is 0 Å². The molecule has 0 amide bonds. The normalized spacial score (nSPS) is 19.1. The van der Waals surface area contributed by atoms with Gasteiger partial charge in [-0.25, -0.2) is 0 Å². The largest absolute Gasteiger partial charge is 0.0622 e. The van der Waals surface area contributed by atoms with Crippen LogP contribution < -0.4 is 0 Å². The molecule has 0 aromatic heterocycles. The predicted octanol–water partition coefficient (Wildman–Crippen LogP) is 18.7. The van der Waals surface area contributed by atoms with Gasteiger partial charge in [0, 0.05) is 16.2 Å². The van der Waals surface area contributed by atoms with Crippen LogP contribution in [-0.2, 0) is 35.5 Å². The van der Waals surface area contributed by atoms with Crippen molar-refractivity contribution in [3.8, 4) is 55.6 Å². The molecule has 0 heterocycles. The van der Waals surface area contributed by atoms with Crippen LogP contribution >= 0.6 is 0 Å². The Hall–Kier alpha value is -7.02. The molecule has 73 heavy (non-hydrogen) atoms. The molecular formula is C73H66. The number of hydrogen-bond acceptors (Lipinski definition) is 0. The molecule has 1 unspecified atom stereocenters. The van der Waals surface area contributed by atoms with Crippen LogP contribution in [0.4, 0.5) is 0 Å². The second-order valence-electron chi connectivity index (χ2n) is 23.1. The maximum absolute atomic E-state index is 2.74. The van der Waals surface area contributed by atoms with Gasteiger partial charge in [-0.3, -0.25) is 0 Å². The summed E-state index contributed by atoms with van der Waals surface area (Å²) in [5.74, 6) is 1.25. The molecule has 5 aliphatic rings. The quantitative estimate of drug-likeness (QED) is 0.128. The van der Waals surface area contributed by atoms with Gasteiger partial charge in [0.15, 0.2) is 0 Å². The summed E-state index contributed by atoms with van der Waals surface area (Å²) in [6.45, 7) is 2.49. The molecular weight excluding hydrogens is 877 g/mol. The number of hydrogen-bond donors (Lipinski definition) is 0. The molecule has 0 heteroatoms. The van der Waals surface area contributed by atoms with E-state index in [-0.39, 0.29) is 16.2 Å². The molecule has 2 fully saturated rings. The SMILES string of the molecule is CC1(Cc2ccccc2)c2ccccc2-c2ccc(-c3ccc4c(c3)C(C3CCCCC3)(C3CCCCC3)c3cc(-c5ccc6c(c5)C(Cc5ccccc5)(Cc5ccccc5)c5ccccc5-6)ccc3-4)cc21. The van der Waals surface area contributed by atoms with E-state index in [0.29, 0.717) is 11.8 Å². The second kappa shape index (κ2) is 17.9. The van der Waals surface area contributed by atoms with Crippen molar-refractivity contribution in [1.29, 1.82) is 0 Å². The summed E-state index contributed by atoms with van der Waals surface area (Å²) < 4.78 is 0. The van der Waals surface area contributed by atoms with Crippen LogP contribution in [0.15, 0.2) is 212 Å². The summed E-state index contributed by atoms with van der Waals surface area (Å²) >= 11 is 0. The molecule has 1 atom stereocenters. The third kappa shape index (κ3) is 7.14. The lowest BCUT2D eigenvalue weighted by Gasteiger charge is -2.49. The van der Waals surface area contributed by atoms with E-state index in [0.717, 1.165) is 19.3 Å². The van der Waals surface area contributed by atoms with Crippen LogP contribution in [-0.4, -0.2) is 0 Å². The highest BCUT2D eigenvalue weighted by molar-refractivity contribution is 5.90. The average Bonchev–Trinajstić information content (AvgIpc) is 4.00. The zero-order valence-corrected chi connectivity index (χ0v) is 42.6. The van der Waals surface area contributed by atoms with Gasteiger partial charge in [0.25, 0.3) is 0 Å². The number of fused-ring (bicyclic) bond motifs is 9. The van der Waals surface area contributed by atoms with E-state index >= 15 is 0 Å². The van der Waals surface area contributed by atoms with Crippen molar-refractivity contribution in [3.05, 3.63) is 262 Å². The Morgan fingerprint density at radius 1 is 0.301 bits per heavy atom. The minimum absolute atomic E-state index is 0.0242. The minimum atomic E-state index is -0.207. The van der Waals surface area contributed by atoms with Crippen molar-refractivity contribution in [2.24, 2.45) is 11.8 Å². The maximum atomic E-state index is 2.74. The summed E-state index contributed by atoms with van der Waals surface area (Å²) in [5.41, 5.74) is 26.9. The zero-order valence-electron chi connectivity index (χ0n) is 42.6. The molecule has 5 aliphatic carbocycles. The smallest absolute Gasteiger partial charge is 0.0295 e. The van der Waals surface area contributed by atoms with Crippen molar-refractivity contribution < 1.29 is 0 Å². The summed E-state index contributed by atoms with van der Waals surface area (Å²) in [4.78, 5) is 0. The third-order valence-electron chi connectivity index (χ3n) is 19.2. The molecule has 0 nitrogen and oxygen atoms in total. The highest BCUT2D eigenvalue weighted by Crippen LogP contribution is 2.63. The Labute approximate surface area is 434 Å². The van der Waals surface area contributed by atoms with Crippen LogP contribution in [0.25, 0.3) is 55.6 Å². The summed E-state index contributed by atoms with van der Waals surface area (Å²) in [6, 6.07) is 82.8. The van der Waals surface area contributed by atoms with E-state index in [1.165, 1.54) is 159 Å². The van der Waals surface area contributed by atoms with Gasteiger partial charge in [0.2, 0.25) is 0 Å². The first-order valence-electron chi connectivity index (χ1n) is 27.9. The lowest BCUT2D eigenvalue weighted by Crippen LogP contribution is -2.44. The minimum Gasteiger partial charge on any atom is -0.0622 e. The molecule has 9 aromatic carbocycles. The molecule has 0 aliphatic heterocycles. The van der Waals surface area contributed by atoms with Gasteiger partial charge in [-0.15, -0.1) is 0 Å². The second-order valence-corrected chi connectivity index (χ2v) is 23.1. The number of benzene rings is 9. The van der Waals surface area contributed by atoms with E-state index in [9.17, 15) is 0 Å². The molecule has 9 aromatic rings. The molecule has 0 saturated heterocycles. The Kier molecular flexibility index (Phi) is 10.9. The van der Waals surface area contributed by atoms with Crippen molar-refractivity contribution in [2.45, 2.75) is 107 Å². The van der Waals surface area contributed by atoms with Crippen molar-refractivity contribution in [2.75, 3.05) is 0 Å². The van der Waals surface area contributed by atoms with E-state index in [1.54, 1.807) is 11.1 Å². The first kappa shape index (κ1) is 44.7. The summed E-state index contributed by atoms with van der Waals surface area (Å²) in [5, 5.41) is 0. The summed E-state index contributed by atoms with van der Waals surface area (Å²) in [7, 11) is 0. The van der Waals surface area contributed by atoms with E-state index < -0.39 is 0 Å². The first-order valence-corrected chi connectivity index (χ1v) is 27.9. The van der Waals surface area contributed by atoms with Crippen LogP contribution in [0.3, 0.4) is 0 Å². The Morgan fingerprint density at radius 2 is 0.644 bits per heavy atom. The van der Waals surface area contributed by atoms with Gasteiger partial charge in [0.1, 0.15) is 0 Å². The average molecular weight is 943 g/mol. The Morgan fingerprint density at radius 3 is 1.12 bits per heavy atom. The monoisotopic (exact) mass is 943 g/mol. The van der Waals surface area contributed by atoms with Crippen LogP contribution in [0, 0.1) is 11.8 Å². The third-order valence-corrected chi connectivity index (χ3v) is 19.2. The number of rotatable bonds is 10. The van der Waals surface area contributed by atoms with Crippen molar-refractivity contribution >= 4 is 0 Å². The predicted molar refractivity (Wildman–Crippen MR) is 305 cm³/mol. The highest BCUT2D eigenvalue weighted by Gasteiger charge is 2.54. The van der Waals surface area contributed by atoms with Crippen molar-refractivity contribution in [3.63, 3.8) is 0 Å². The van der Waals surface area contributed by atoms with Gasteiger partial charge in [-0.2, -0.15) is 0 Å². The molecule has 0 radical (unpaired) electrons. The molecule has 0 N–H and O–H groups in total. The fourth-order valence-corrected chi connectivity index (χ4v) is 16.0. The standard InChI is InChI=1S/C73H66/c1-71(47-50-21-7-2-8-22-50)65-33-19-17-31-59(65)61-39-35-53(43-67(61)71)55-37-41-63-64-42-38-56(46-70(64)73(69(63)45-55,57-27-13-5-14-28-57)58-29-15-6-16-30-58)54-36-40-62-60-32-18-20-34-66(60)72(68(62)44-54,48-51-23-9-3-10-24-51)49-52-25-11-4-12-26-52/h2-4,7-12,17-26,31-46,57-58H,5-6,13-16,27-30,47-49H2,1H3. The molecule has 14 rings (SSSR count). The fraction of sp³-hybridized carbons (Fsp3) is 0.260. The van der Waals surface area contributed by atoms with Gasteiger partial charge in [-0.05, 0) is 187 Å². The van der Waals surface area contributed by atoms with Gasteiger partial charge in [0.05, 0.1) is 0 Å². The Bertz CT molecular complexity index is 3450. The van der Waals surface area contributed by atoms with Crippen LogP contribution in [0.1, 0.15) is 121 Å². The lowest BCUT2D eigenvalue weighted by molar-refractivity contribution is 0.137. The highest BCUT2D eigenvalue weighted by atomic mass is 14.6. The van der Waals surface area contributed by atoms with Crippen LogP contribution in [0.5, 0.6) is 0 Å². The van der Waals surface area contributed by atoms with Crippen molar-refractivity contribution in [1.82, 2.24) is 0 Å². The fourth-order valence-electron chi connectivity index (χ4n) is 16.0. The topological polar surface area (TPSA) is 0 Å². The van der Waals surface area contributed by atoms with E-state index in [2.05, 4.69) is 219 Å². The van der Waals surface area contributed by atoms with Crippen LogP contribution in [0.2, 0.25) is 0 Å².